The molecule has 0 saturated carbocycles. The van der Waals surface area contributed by atoms with Crippen molar-refractivity contribution in [2.45, 2.75) is 40.4 Å². The molecule has 0 aromatic heterocycles. The molecule has 1 saturated heterocycles. The van der Waals surface area contributed by atoms with Crippen LogP contribution in [0.15, 0.2) is 57.2 Å². The molecule has 0 unspecified atom stereocenters. The van der Waals surface area contributed by atoms with Crippen LogP contribution in [-0.4, -0.2) is 37.3 Å². The van der Waals surface area contributed by atoms with Gasteiger partial charge in [0.1, 0.15) is 0 Å². The number of hydrogen-bond donors (Lipinski definition) is 0. The Kier molecular flexibility index (Phi) is 5.59. The minimum absolute atomic E-state index is 1.10. The van der Waals surface area contributed by atoms with E-state index < -0.39 is 0 Å². The topological polar surface area (TPSA) is 6.48 Å². The minimum Gasteiger partial charge on any atom is -0.340 e. The van der Waals surface area contributed by atoms with E-state index in [1.807, 2.05) is 23.5 Å². The van der Waals surface area contributed by atoms with Gasteiger partial charge in [-0.15, -0.1) is 11.8 Å². The van der Waals surface area contributed by atoms with Crippen LogP contribution in [0.5, 0.6) is 0 Å². The SMILES string of the molecule is CSc1ccc2c(c1)N(CCCN1CCCCC1)c1ccccc1S2. The van der Waals surface area contributed by atoms with Gasteiger partial charge in [0.15, 0.2) is 0 Å². The molecule has 4 rings (SSSR count). The van der Waals surface area contributed by atoms with Crippen molar-refractivity contribution < 1.29 is 0 Å². The number of thioether (sulfide) groups is 1. The molecule has 0 radical (unpaired) electrons. The fourth-order valence-electron chi connectivity index (χ4n) is 3.81. The van der Waals surface area contributed by atoms with E-state index in [9.17, 15) is 0 Å². The first-order valence-corrected chi connectivity index (χ1v) is 11.3. The normalized spacial score (nSPS) is 17.2. The van der Waals surface area contributed by atoms with Crippen LogP contribution >= 0.6 is 23.5 Å². The van der Waals surface area contributed by atoms with E-state index in [4.69, 9.17) is 0 Å². The molecule has 132 valence electrons. The van der Waals surface area contributed by atoms with Crippen LogP contribution in [0, 0.1) is 0 Å². The van der Waals surface area contributed by atoms with Gasteiger partial charge >= 0.3 is 0 Å². The van der Waals surface area contributed by atoms with Crippen molar-refractivity contribution >= 4 is 34.9 Å². The summed E-state index contributed by atoms with van der Waals surface area (Å²) in [5, 5.41) is 0. The van der Waals surface area contributed by atoms with E-state index in [1.165, 1.54) is 71.4 Å². The highest BCUT2D eigenvalue weighted by atomic mass is 32.2. The van der Waals surface area contributed by atoms with E-state index in [0.29, 0.717) is 0 Å². The summed E-state index contributed by atoms with van der Waals surface area (Å²) in [4.78, 5) is 9.30. The first-order chi connectivity index (χ1) is 12.3. The fourth-order valence-corrected chi connectivity index (χ4v) is 5.32. The van der Waals surface area contributed by atoms with Crippen molar-refractivity contribution in [1.82, 2.24) is 4.90 Å². The summed E-state index contributed by atoms with van der Waals surface area (Å²) in [6, 6.07) is 15.8. The summed E-state index contributed by atoms with van der Waals surface area (Å²) in [5.41, 5.74) is 2.76. The van der Waals surface area contributed by atoms with Gasteiger partial charge in [-0.25, -0.2) is 0 Å². The molecule has 0 spiro atoms. The standard InChI is InChI=1S/C21H26N2S2/c1-24-17-10-11-21-19(16-17)23(18-8-3-4-9-20(18)25-21)15-7-14-22-12-5-2-6-13-22/h3-4,8-11,16H,2,5-7,12-15H2,1H3. The maximum Gasteiger partial charge on any atom is 0.0564 e. The molecule has 0 aliphatic carbocycles. The van der Waals surface area contributed by atoms with Crippen molar-refractivity contribution in [3.05, 3.63) is 42.5 Å². The number of hydrogen-bond acceptors (Lipinski definition) is 4. The summed E-state index contributed by atoms with van der Waals surface area (Å²) >= 11 is 3.73. The third-order valence-corrected chi connectivity index (χ3v) is 6.99. The summed E-state index contributed by atoms with van der Waals surface area (Å²) in [7, 11) is 0. The fraction of sp³-hybridized carbons (Fsp3) is 0.429. The first kappa shape index (κ1) is 17.3. The molecule has 2 heterocycles. The Morgan fingerprint density at radius 2 is 1.72 bits per heavy atom. The number of fused-ring (bicyclic) bond motifs is 2. The lowest BCUT2D eigenvalue weighted by atomic mass is 10.1. The number of anilines is 2. The van der Waals surface area contributed by atoms with Crippen molar-refractivity contribution in [3.63, 3.8) is 0 Å². The van der Waals surface area contributed by atoms with E-state index >= 15 is 0 Å². The second-order valence-electron chi connectivity index (χ2n) is 6.81. The molecule has 4 heteroatoms. The lowest BCUT2D eigenvalue weighted by Crippen LogP contribution is -2.33. The Morgan fingerprint density at radius 1 is 0.920 bits per heavy atom. The second-order valence-corrected chi connectivity index (χ2v) is 8.77. The van der Waals surface area contributed by atoms with E-state index in [-0.39, 0.29) is 0 Å². The van der Waals surface area contributed by atoms with Crippen LogP contribution in [0.1, 0.15) is 25.7 Å². The third-order valence-electron chi connectivity index (χ3n) is 5.14. The van der Waals surface area contributed by atoms with Gasteiger partial charge in [0.05, 0.1) is 11.4 Å². The molecule has 0 bridgehead atoms. The molecule has 2 aromatic rings. The summed E-state index contributed by atoms with van der Waals surface area (Å²) in [6.07, 6.45) is 7.55. The lowest BCUT2D eigenvalue weighted by Gasteiger charge is -2.34. The van der Waals surface area contributed by atoms with Gasteiger partial charge in [-0.1, -0.05) is 30.3 Å². The van der Waals surface area contributed by atoms with Gasteiger partial charge < -0.3 is 9.80 Å². The molecular formula is C21H26N2S2. The van der Waals surface area contributed by atoms with Gasteiger partial charge in [0.2, 0.25) is 0 Å². The Balaban J connectivity index is 1.55. The first-order valence-electron chi connectivity index (χ1n) is 9.30. The molecule has 2 aliphatic heterocycles. The number of rotatable bonds is 5. The monoisotopic (exact) mass is 370 g/mol. The Morgan fingerprint density at radius 3 is 2.56 bits per heavy atom. The zero-order chi connectivity index (χ0) is 17.1. The molecule has 1 fully saturated rings. The van der Waals surface area contributed by atoms with Gasteiger partial charge in [0, 0.05) is 21.2 Å². The molecule has 2 aromatic carbocycles. The van der Waals surface area contributed by atoms with Crippen molar-refractivity contribution in [3.8, 4) is 0 Å². The van der Waals surface area contributed by atoms with Crippen LogP contribution in [0.3, 0.4) is 0 Å². The van der Waals surface area contributed by atoms with Crippen LogP contribution < -0.4 is 4.90 Å². The predicted molar refractivity (Wildman–Crippen MR) is 111 cm³/mol. The number of piperidine rings is 1. The van der Waals surface area contributed by atoms with Gasteiger partial charge in [-0.3, -0.25) is 0 Å². The molecule has 2 nitrogen and oxygen atoms in total. The maximum absolute atomic E-state index is 2.65. The molecule has 0 atom stereocenters. The smallest absolute Gasteiger partial charge is 0.0564 e. The van der Waals surface area contributed by atoms with E-state index in [2.05, 4.69) is 58.5 Å². The van der Waals surface area contributed by atoms with Gasteiger partial charge in [0.25, 0.3) is 0 Å². The average molecular weight is 371 g/mol. The van der Waals surface area contributed by atoms with Crippen LogP contribution in [0.25, 0.3) is 0 Å². The van der Waals surface area contributed by atoms with Crippen LogP contribution in [0.2, 0.25) is 0 Å². The predicted octanol–water partition coefficient (Wildman–Crippen LogP) is 5.89. The molecule has 25 heavy (non-hydrogen) atoms. The third kappa shape index (κ3) is 3.86. The highest BCUT2D eigenvalue weighted by Crippen LogP contribution is 2.48. The van der Waals surface area contributed by atoms with Gasteiger partial charge in [-0.05, 0) is 75.5 Å². The van der Waals surface area contributed by atoms with Crippen molar-refractivity contribution in [2.75, 3.05) is 37.3 Å². The van der Waals surface area contributed by atoms with Crippen LogP contribution in [0.4, 0.5) is 11.4 Å². The highest BCUT2D eigenvalue weighted by Gasteiger charge is 2.23. The number of likely N-dealkylation sites (tertiary alicyclic amines) is 1. The second kappa shape index (κ2) is 8.07. The number of nitrogens with zero attached hydrogens (tertiary/aromatic N) is 2. The average Bonchev–Trinajstić information content (AvgIpc) is 2.68. The van der Waals surface area contributed by atoms with Crippen molar-refractivity contribution in [1.29, 1.82) is 0 Å². The molecule has 2 aliphatic rings. The quantitative estimate of drug-likeness (QED) is 0.605. The minimum atomic E-state index is 1.10. The van der Waals surface area contributed by atoms with Gasteiger partial charge in [-0.2, -0.15) is 0 Å². The Hall–Kier alpha value is -1.10. The maximum atomic E-state index is 2.65. The summed E-state index contributed by atoms with van der Waals surface area (Å²) in [6.45, 7) is 4.90. The lowest BCUT2D eigenvalue weighted by molar-refractivity contribution is 0.227. The number of para-hydroxylation sites is 1. The zero-order valence-corrected chi connectivity index (χ0v) is 16.5. The van der Waals surface area contributed by atoms with Crippen LogP contribution in [-0.2, 0) is 0 Å². The Bertz CT molecular complexity index is 726. The molecule has 0 amide bonds. The zero-order valence-electron chi connectivity index (χ0n) is 14.9. The van der Waals surface area contributed by atoms with E-state index in [0.717, 1.165) is 6.54 Å². The number of benzene rings is 2. The molecular weight excluding hydrogens is 344 g/mol. The largest absolute Gasteiger partial charge is 0.340 e. The molecule has 0 N–H and O–H groups in total. The summed E-state index contributed by atoms with van der Waals surface area (Å²) in [5.74, 6) is 0. The highest BCUT2D eigenvalue weighted by molar-refractivity contribution is 8.00. The summed E-state index contributed by atoms with van der Waals surface area (Å²) < 4.78 is 0. The van der Waals surface area contributed by atoms with E-state index in [1.54, 1.807) is 0 Å². The van der Waals surface area contributed by atoms with Crippen molar-refractivity contribution in [2.24, 2.45) is 0 Å². The Labute approximate surface area is 160 Å².